The van der Waals surface area contributed by atoms with Crippen LogP contribution < -0.4 is 9.64 Å². The average molecular weight is 472 g/mol. The first-order chi connectivity index (χ1) is 16.9. The van der Waals surface area contributed by atoms with Crippen LogP contribution in [-0.4, -0.2) is 37.0 Å². The Morgan fingerprint density at radius 3 is 2.23 bits per heavy atom. The van der Waals surface area contributed by atoms with E-state index in [0.29, 0.717) is 22.6 Å². The lowest BCUT2D eigenvalue weighted by Gasteiger charge is -2.26. The quantitative estimate of drug-likeness (QED) is 0.243. The smallest absolute Gasteiger partial charge is 0.337 e. The highest BCUT2D eigenvalue weighted by molar-refractivity contribution is 6.51. The van der Waals surface area contributed by atoms with Crippen molar-refractivity contribution >= 4 is 29.1 Å². The molecule has 1 heterocycles. The van der Waals surface area contributed by atoms with Gasteiger partial charge >= 0.3 is 5.97 Å². The molecule has 1 atom stereocenters. The molecule has 1 fully saturated rings. The van der Waals surface area contributed by atoms with Crippen molar-refractivity contribution in [1.29, 1.82) is 0 Å². The maximum Gasteiger partial charge on any atom is 0.337 e. The number of ether oxygens (including phenoxy) is 2. The minimum Gasteiger partial charge on any atom is -0.507 e. The largest absolute Gasteiger partial charge is 0.507 e. The van der Waals surface area contributed by atoms with Gasteiger partial charge in [-0.3, -0.25) is 14.5 Å². The summed E-state index contributed by atoms with van der Waals surface area (Å²) in [6.07, 6.45) is 0.827. The zero-order valence-corrected chi connectivity index (χ0v) is 19.6. The van der Waals surface area contributed by atoms with E-state index in [0.717, 1.165) is 12.0 Å². The summed E-state index contributed by atoms with van der Waals surface area (Å²) in [7, 11) is 2.80. The van der Waals surface area contributed by atoms with Crippen molar-refractivity contribution in [3.63, 3.8) is 0 Å². The number of hydrogen-bond acceptors (Lipinski definition) is 6. The fraction of sp³-hybridized carbons (Fsp3) is 0.179. The molecule has 1 saturated heterocycles. The minimum absolute atomic E-state index is 0.0344. The molecule has 35 heavy (non-hydrogen) atoms. The Labute approximate surface area is 203 Å². The third-order valence-corrected chi connectivity index (χ3v) is 6.06. The highest BCUT2D eigenvalue weighted by atomic mass is 16.5. The molecule has 0 radical (unpaired) electrons. The molecular formula is C28H25NO6. The van der Waals surface area contributed by atoms with E-state index in [2.05, 4.69) is 0 Å². The Bertz CT molecular complexity index is 1310. The molecule has 4 rings (SSSR count). The average Bonchev–Trinajstić information content (AvgIpc) is 3.18. The number of esters is 1. The van der Waals surface area contributed by atoms with Crippen LogP contribution in [0.15, 0.2) is 78.4 Å². The minimum atomic E-state index is -0.893. The van der Waals surface area contributed by atoms with Crippen molar-refractivity contribution in [1.82, 2.24) is 0 Å². The van der Waals surface area contributed by atoms with Crippen LogP contribution in [0, 0.1) is 0 Å². The number of aliphatic hydroxyl groups is 1. The van der Waals surface area contributed by atoms with Crippen molar-refractivity contribution < 1.29 is 29.0 Å². The van der Waals surface area contributed by atoms with Crippen LogP contribution in [0.4, 0.5) is 5.69 Å². The maximum atomic E-state index is 13.3. The molecule has 0 bridgehead atoms. The van der Waals surface area contributed by atoms with Gasteiger partial charge in [0.1, 0.15) is 11.5 Å². The predicted molar refractivity (Wildman–Crippen MR) is 131 cm³/mol. The zero-order chi connectivity index (χ0) is 25.1. The summed E-state index contributed by atoms with van der Waals surface area (Å²) >= 11 is 0. The van der Waals surface area contributed by atoms with Gasteiger partial charge in [0.05, 0.1) is 31.4 Å². The number of nitrogens with zero attached hydrogens (tertiary/aromatic N) is 1. The number of rotatable bonds is 6. The van der Waals surface area contributed by atoms with Crippen LogP contribution >= 0.6 is 0 Å². The second-order valence-corrected chi connectivity index (χ2v) is 8.03. The number of ketones is 1. The number of benzene rings is 3. The van der Waals surface area contributed by atoms with E-state index in [-0.39, 0.29) is 16.9 Å². The van der Waals surface area contributed by atoms with Gasteiger partial charge in [0.15, 0.2) is 0 Å². The third kappa shape index (κ3) is 4.40. The molecule has 0 aromatic heterocycles. The Morgan fingerprint density at radius 1 is 0.943 bits per heavy atom. The molecule has 3 aromatic rings. The normalized spacial score (nSPS) is 16.9. The van der Waals surface area contributed by atoms with Gasteiger partial charge < -0.3 is 14.6 Å². The number of aliphatic hydroxyl groups excluding tert-OH is 1. The van der Waals surface area contributed by atoms with E-state index in [4.69, 9.17) is 9.47 Å². The van der Waals surface area contributed by atoms with E-state index in [1.165, 1.54) is 25.2 Å². The Kier molecular flexibility index (Phi) is 6.68. The fourth-order valence-corrected chi connectivity index (χ4v) is 4.15. The first kappa shape index (κ1) is 23.8. The number of methoxy groups -OCH3 is 2. The molecule has 7 heteroatoms. The molecule has 1 aliphatic heterocycles. The molecule has 7 nitrogen and oxygen atoms in total. The Morgan fingerprint density at radius 2 is 1.63 bits per heavy atom. The van der Waals surface area contributed by atoms with E-state index in [1.54, 1.807) is 42.5 Å². The SMILES string of the molecule is CCc1ccc(C2/C(=C(\O)c3ccc(OC)cc3)C(=O)C(=O)N2c2cccc(C(=O)OC)c2)cc1. The van der Waals surface area contributed by atoms with E-state index in [1.807, 2.05) is 31.2 Å². The second-order valence-electron chi connectivity index (χ2n) is 8.03. The van der Waals surface area contributed by atoms with Crippen molar-refractivity contribution in [2.24, 2.45) is 0 Å². The maximum absolute atomic E-state index is 13.3. The standard InChI is InChI=1S/C28H25NO6/c1-4-17-8-10-18(11-9-17)24-23(25(30)19-12-14-22(34-2)15-13-19)26(31)27(32)29(24)21-7-5-6-20(16-21)28(33)35-3/h5-16,24,30H,4H2,1-3H3/b25-23+. The van der Waals surface area contributed by atoms with Gasteiger partial charge in [-0.2, -0.15) is 0 Å². The van der Waals surface area contributed by atoms with E-state index in [9.17, 15) is 19.5 Å². The highest BCUT2D eigenvalue weighted by Gasteiger charge is 2.47. The second kappa shape index (κ2) is 9.85. The number of amides is 1. The summed E-state index contributed by atoms with van der Waals surface area (Å²) in [5.74, 6) is -1.88. The van der Waals surface area contributed by atoms with Gasteiger partial charge in [-0.1, -0.05) is 37.3 Å². The molecule has 1 amide bonds. The summed E-state index contributed by atoms with van der Waals surface area (Å²) in [6, 6.07) is 19.5. The number of carbonyl (C=O) groups is 3. The van der Waals surface area contributed by atoms with Crippen LogP contribution in [0.5, 0.6) is 5.75 Å². The number of hydrogen-bond donors (Lipinski definition) is 1. The van der Waals surface area contributed by atoms with Crippen molar-refractivity contribution in [2.45, 2.75) is 19.4 Å². The van der Waals surface area contributed by atoms with Crippen LogP contribution in [0.25, 0.3) is 5.76 Å². The molecular weight excluding hydrogens is 446 g/mol. The number of aryl methyl sites for hydroxylation is 1. The lowest BCUT2D eigenvalue weighted by atomic mass is 9.94. The predicted octanol–water partition coefficient (Wildman–Crippen LogP) is 4.67. The van der Waals surface area contributed by atoms with Gasteiger partial charge in [-0.25, -0.2) is 4.79 Å². The van der Waals surface area contributed by atoms with E-state index >= 15 is 0 Å². The summed E-state index contributed by atoms with van der Waals surface area (Å²) in [6.45, 7) is 2.03. The summed E-state index contributed by atoms with van der Waals surface area (Å²) in [4.78, 5) is 40.0. The third-order valence-electron chi connectivity index (χ3n) is 6.06. The van der Waals surface area contributed by atoms with Gasteiger partial charge in [-0.05, 0) is 60.0 Å². The van der Waals surface area contributed by atoms with Crippen molar-refractivity contribution in [2.75, 3.05) is 19.1 Å². The summed E-state index contributed by atoms with van der Waals surface area (Å²) in [5.41, 5.74) is 2.67. The summed E-state index contributed by atoms with van der Waals surface area (Å²) in [5, 5.41) is 11.2. The van der Waals surface area contributed by atoms with Crippen LogP contribution in [0.2, 0.25) is 0 Å². The summed E-state index contributed by atoms with van der Waals surface area (Å²) < 4.78 is 9.98. The molecule has 1 aliphatic rings. The lowest BCUT2D eigenvalue weighted by molar-refractivity contribution is -0.132. The Hall–Kier alpha value is -4.39. The lowest BCUT2D eigenvalue weighted by Crippen LogP contribution is -2.29. The molecule has 0 aliphatic carbocycles. The monoisotopic (exact) mass is 471 g/mol. The molecule has 3 aromatic carbocycles. The molecule has 1 N–H and O–H groups in total. The first-order valence-corrected chi connectivity index (χ1v) is 11.1. The van der Waals surface area contributed by atoms with Crippen LogP contribution in [-0.2, 0) is 20.7 Å². The first-order valence-electron chi connectivity index (χ1n) is 11.1. The van der Waals surface area contributed by atoms with Crippen LogP contribution in [0.1, 0.15) is 40.0 Å². The molecule has 0 spiro atoms. The molecule has 0 saturated carbocycles. The van der Waals surface area contributed by atoms with Gasteiger partial charge in [0.2, 0.25) is 0 Å². The zero-order valence-electron chi connectivity index (χ0n) is 19.6. The topological polar surface area (TPSA) is 93.1 Å². The van der Waals surface area contributed by atoms with Crippen molar-refractivity contribution in [3.05, 3.63) is 101 Å². The van der Waals surface area contributed by atoms with Gasteiger partial charge in [0.25, 0.3) is 11.7 Å². The molecule has 1 unspecified atom stereocenters. The molecule has 178 valence electrons. The van der Waals surface area contributed by atoms with Gasteiger partial charge in [-0.15, -0.1) is 0 Å². The highest BCUT2D eigenvalue weighted by Crippen LogP contribution is 2.42. The van der Waals surface area contributed by atoms with E-state index < -0.39 is 23.7 Å². The number of anilines is 1. The fourth-order valence-electron chi connectivity index (χ4n) is 4.15. The number of carbonyl (C=O) groups excluding carboxylic acids is 3. The van der Waals surface area contributed by atoms with Crippen molar-refractivity contribution in [3.8, 4) is 5.75 Å². The Balaban J connectivity index is 1.91. The van der Waals surface area contributed by atoms with Crippen LogP contribution in [0.3, 0.4) is 0 Å². The number of Topliss-reactive ketones (excluding diaryl/α,β-unsaturated/α-hetero) is 1. The van der Waals surface area contributed by atoms with Gasteiger partial charge in [0, 0.05) is 11.3 Å².